The summed E-state index contributed by atoms with van der Waals surface area (Å²) in [5.74, 6) is 1.97. The van der Waals surface area contributed by atoms with Crippen molar-refractivity contribution in [3.8, 4) is 5.75 Å². The van der Waals surface area contributed by atoms with Crippen molar-refractivity contribution in [3.63, 3.8) is 0 Å². The fourth-order valence-electron chi connectivity index (χ4n) is 2.20. The Balaban J connectivity index is 1.73. The van der Waals surface area contributed by atoms with Crippen molar-refractivity contribution >= 4 is 52.5 Å². The second-order valence-corrected chi connectivity index (χ2v) is 7.86. The van der Waals surface area contributed by atoms with Crippen molar-refractivity contribution in [3.05, 3.63) is 63.1 Å². The van der Waals surface area contributed by atoms with Crippen LogP contribution in [0, 0.1) is 0 Å². The van der Waals surface area contributed by atoms with Gasteiger partial charge in [0, 0.05) is 18.1 Å². The van der Waals surface area contributed by atoms with Gasteiger partial charge in [-0.1, -0.05) is 59.9 Å². The maximum absolute atomic E-state index is 12.3. The summed E-state index contributed by atoms with van der Waals surface area (Å²) >= 11 is 19.7. The molecule has 140 valence electrons. The van der Waals surface area contributed by atoms with Crippen LogP contribution in [0.2, 0.25) is 15.1 Å². The van der Waals surface area contributed by atoms with Gasteiger partial charge >= 0.3 is 0 Å². The van der Waals surface area contributed by atoms with Crippen LogP contribution in [0.1, 0.15) is 18.9 Å². The van der Waals surface area contributed by atoms with Crippen LogP contribution >= 0.6 is 46.6 Å². The first kappa shape index (κ1) is 21.2. The summed E-state index contributed by atoms with van der Waals surface area (Å²) in [4.78, 5) is 12.3. The van der Waals surface area contributed by atoms with Gasteiger partial charge in [-0.25, -0.2) is 0 Å². The van der Waals surface area contributed by atoms with E-state index in [4.69, 9.17) is 39.5 Å². The molecule has 7 heteroatoms. The molecule has 0 spiro atoms. The van der Waals surface area contributed by atoms with Crippen molar-refractivity contribution < 1.29 is 9.53 Å². The van der Waals surface area contributed by atoms with Crippen LogP contribution in [0.25, 0.3) is 0 Å². The summed E-state index contributed by atoms with van der Waals surface area (Å²) in [5, 5.41) is 4.51. The van der Waals surface area contributed by atoms with Gasteiger partial charge in [0.1, 0.15) is 5.75 Å². The van der Waals surface area contributed by atoms with Gasteiger partial charge in [-0.15, -0.1) is 0 Å². The molecule has 0 aliphatic carbocycles. The topological polar surface area (TPSA) is 38.3 Å². The maximum Gasteiger partial charge on any atom is 0.261 e. The summed E-state index contributed by atoms with van der Waals surface area (Å²) in [6, 6.07) is 12.7. The van der Waals surface area contributed by atoms with E-state index in [1.807, 2.05) is 31.2 Å². The minimum Gasteiger partial charge on any atom is -0.479 e. The summed E-state index contributed by atoms with van der Waals surface area (Å²) in [6.45, 7) is 2.47. The Labute approximate surface area is 173 Å². The first-order valence-corrected chi connectivity index (χ1v) is 10.5. The lowest BCUT2D eigenvalue weighted by atomic mass is 10.2. The predicted molar refractivity (Wildman–Crippen MR) is 112 cm³/mol. The molecule has 0 fully saturated rings. The van der Waals surface area contributed by atoms with E-state index >= 15 is 0 Å². The van der Waals surface area contributed by atoms with Crippen molar-refractivity contribution in [2.75, 3.05) is 12.3 Å². The smallest absolute Gasteiger partial charge is 0.261 e. The van der Waals surface area contributed by atoms with Gasteiger partial charge in [-0.3, -0.25) is 4.79 Å². The number of halogens is 3. The highest BCUT2D eigenvalue weighted by molar-refractivity contribution is 7.98. The quantitative estimate of drug-likeness (QED) is 0.505. The molecule has 0 aliphatic rings. The number of carbonyl (C=O) groups is 1. The lowest BCUT2D eigenvalue weighted by molar-refractivity contribution is -0.127. The zero-order valence-corrected chi connectivity index (χ0v) is 17.4. The zero-order valence-electron chi connectivity index (χ0n) is 14.3. The second-order valence-electron chi connectivity index (χ2n) is 5.54. The van der Waals surface area contributed by atoms with Crippen LogP contribution in [0.3, 0.4) is 0 Å². The first-order valence-electron chi connectivity index (χ1n) is 8.21. The van der Waals surface area contributed by atoms with E-state index in [1.165, 1.54) is 0 Å². The van der Waals surface area contributed by atoms with Crippen molar-refractivity contribution in [2.24, 2.45) is 0 Å². The molecule has 1 unspecified atom stereocenters. The fourth-order valence-corrected chi connectivity index (χ4v) is 3.50. The largest absolute Gasteiger partial charge is 0.479 e. The lowest BCUT2D eigenvalue weighted by Crippen LogP contribution is -2.39. The normalized spacial score (nSPS) is 11.8. The molecule has 2 rings (SSSR count). The molecular formula is C19H20Cl3NO2S. The van der Waals surface area contributed by atoms with Crippen molar-refractivity contribution in [1.82, 2.24) is 5.32 Å². The summed E-state index contributed by atoms with van der Waals surface area (Å²) in [5.41, 5.74) is 1.10. The van der Waals surface area contributed by atoms with Crippen LogP contribution < -0.4 is 10.1 Å². The molecule has 1 N–H and O–H groups in total. The average molecular weight is 433 g/mol. The Morgan fingerprint density at radius 3 is 2.58 bits per heavy atom. The summed E-state index contributed by atoms with van der Waals surface area (Å²) in [7, 11) is 0. The highest BCUT2D eigenvalue weighted by Gasteiger charge is 2.18. The van der Waals surface area contributed by atoms with Gasteiger partial charge < -0.3 is 10.1 Å². The Kier molecular flexibility index (Phi) is 8.93. The Morgan fingerprint density at radius 1 is 1.12 bits per heavy atom. The highest BCUT2D eigenvalue weighted by atomic mass is 35.5. The van der Waals surface area contributed by atoms with E-state index in [0.717, 1.165) is 17.1 Å². The molecule has 26 heavy (non-hydrogen) atoms. The Morgan fingerprint density at radius 2 is 1.88 bits per heavy atom. The SMILES string of the molecule is CCC(Oc1ccccc1Cl)C(=O)NCCSCc1ccc(Cl)c(Cl)c1. The van der Waals surface area contributed by atoms with Crippen LogP contribution in [0.15, 0.2) is 42.5 Å². The van der Waals surface area contributed by atoms with E-state index in [1.54, 1.807) is 30.0 Å². The third-order valence-electron chi connectivity index (χ3n) is 3.57. The molecule has 0 bridgehead atoms. The van der Waals surface area contributed by atoms with Crippen molar-refractivity contribution in [2.45, 2.75) is 25.2 Å². The first-order chi connectivity index (χ1) is 12.5. The second kappa shape index (κ2) is 10.9. The number of ether oxygens (including phenoxy) is 1. The Hall–Kier alpha value is -1.07. The molecule has 1 amide bonds. The molecule has 0 heterocycles. The zero-order chi connectivity index (χ0) is 18.9. The third-order valence-corrected chi connectivity index (χ3v) is 5.65. The van der Waals surface area contributed by atoms with Crippen LogP contribution in [-0.4, -0.2) is 24.3 Å². The molecule has 2 aromatic carbocycles. The van der Waals surface area contributed by atoms with Crippen LogP contribution in [-0.2, 0) is 10.5 Å². The number of nitrogens with one attached hydrogen (secondary N) is 1. The molecule has 3 nitrogen and oxygen atoms in total. The van der Waals surface area contributed by atoms with E-state index < -0.39 is 6.10 Å². The van der Waals surface area contributed by atoms with Gasteiger partial charge in [-0.05, 0) is 36.2 Å². The van der Waals surface area contributed by atoms with Gasteiger partial charge in [0.25, 0.3) is 5.91 Å². The fraction of sp³-hybridized carbons (Fsp3) is 0.316. The number of amides is 1. The van der Waals surface area contributed by atoms with E-state index in [-0.39, 0.29) is 5.91 Å². The van der Waals surface area contributed by atoms with Gasteiger partial charge in [-0.2, -0.15) is 11.8 Å². The van der Waals surface area contributed by atoms with Gasteiger partial charge in [0.15, 0.2) is 6.10 Å². The molecule has 0 radical (unpaired) electrons. The molecule has 1 atom stereocenters. The van der Waals surface area contributed by atoms with Crippen LogP contribution in [0.4, 0.5) is 0 Å². The lowest BCUT2D eigenvalue weighted by Gasteiger charge is -2.18. The predicted octanol–water partition coefficient (Wildman–Crippen LogP) is 5.85. The molecule has 0 aliphatic heterocycles. The number of para-hydroxylation sites is 1. The minimum atomic E-state index is -0.560. The molecule has 2 aromatic rings. The number of thioether (sulfide) groups is 1. The molecular weight excluding hydrogens is 413 g/mol. The highest BCUT2D eigenvalue weighted by Crippen LogP contribution is 2.25. The molecule has 0 saturated carbocycles. The Bertz CT molecular complexity index is 742. The van der Waals surface area contributed by atoms with E-state index in [9.17, 15) is 4.79 Å². The average Bonchev–Trinajstić information content (AvgIpc) is 2.63. The van der Waals surface area contributed by atoms with Gasteiger partial charge in [0.05, 0.1) is 15.1 Å². The summed E-state index contributed by atoms with van der Waals surface area (Å²) < 4.78 is 5.73. The van der Waals surface area contributed by atoms with E-state index in [0.29, 0.717) is 33.8 Å². The van der Waals surface area contributed by atoms with Crippen LogP contribution in [0.5, 0.6) is 5.75 Å². The van der Waals surface area contributed by atoms with Crippen molar-refractivity contribution in [1.29, 1.82) is 0 Å². The maximum atomic E-state index is 12.3. The standard InChI is InChI=1S/C19H20Cl3NO2S/c1-2-17(25-18-6-4-3-5-15(18)21)19(24)23-9-10-26-12-13-7-8-14(20)16(22)11-13/h3-8,11,17H,2,9-10,12H2,1H3,(H,23,24). The van der Waals surface area contributed by atoms with Gasteiger partial charge in [0.2, 0.25) is 0 Å². The molecule has 0 aromatic heterocycles. The third kappa shape index (κ3) is 6.58. The number of carbonyl (C=O) groups excluding carboxylic acids is 1. The summed E-state index contributed by atoms with van der Waals surface area (Å²) in [6.07, 6.45) is 0.00276. The van der Waals surface area contributed by atoms with E-state index in [2.05, 4.69) is 5.32 Å². The minimum absolute atomic E-state index is 0.137. The number of hydrogen-bond acceptors (Lipinski definition) is 3. The number of rotatable bonds is 9. The number of hydrogen-bond donors (Lipinski definition) is 1. The number of benzene rings is 2. The molecule has 0 saturated heterocycles. The monoisotopic (exact) mass is 431 g/mol.